The van der Waals surface area contributed by atoms with Crippen molar-refractivity contribution in [3.63, 3.8) is 0 Å². The maximum Gasteiger partial charge on any atom is 0.241 e. The molecule has 5 heteroatoms. The van der Waals surface area contributed by atoms with Crippen molar-refractivity contribution in [3.05, 3.63) is 0 Å². The topological polar surface area (TPSA) is 52.6 Å². The standard InChI is InChI=1S/C13H23N3O2/c1-13(2)5-4-6-14-11(13)12(18)16-8-7-15(3)10(17)9-16/h11,14H,4-9H2,1-3H3. The lowest BCUT2D eigenvalue weighted by Gasteiger charge is -2.42. The van der Waals surface area contributed by atoms with Gasteiger partial charge in [0, 0.05) is 20.1 Å². The quantitative estimate of drug-likeness (QED) is 0.719. The highest BCUT2D eigenvalue weighted by Crippen LogP contribution is 2.31. The van der Waals surface area contributed by atoms with Crippen molar-refractivity contribution in [2.24, 2.45) is 5.41 Å². The van der Waals surface area contributed by atoms with E-state index in [1.54, 1.807) is 16.8 Å². The van der Waals surface area contributed by atoms with Crippen molar-refractivity contribution in [1.82, 2.24) is 15.1 Å². The molecular formula is C13H23N3O2. The Morgan fingerprint density at radius 3 is 2.72 bits per heavy atom. The molecule has 2 rings (SSSR count). The molecule has 1 unspecified atom stereocenters. The summed E-state index contributed by atoms with van der Waals surface area (Å²) in [5, 5.41) is 3.32. The van der Waals surface area contributed by atoms with Crippen LogP contribution in [0.2, 0.25) is 0 Å². The molecule has 0 saturated carbocycles. The molecule has 0 aromatic rings. The second kappa shape index (κ2) is 4.88. The monoisotopic (exact) mass is 253 g/mol. The number of piperazine rings is 1. The molecule has 0 aromatic carbocycles. The van der Waals surface area contributed by atoms with Crippen LogP contribution in [0.3, 0.4) is 0 Å². The minimum atomic E-state index is -0.151. The molecule has 5 nitrogen and oxygen atoms in total. The van der Waals surface area contributed by atoms with Gasteiger partial charge in [-0.3, -0.25) is 9.59 Å². The maximum atomic E-state index is 12.5. The number of hydrogen-bond donors (Lipinski definition) is 1. The van der Waals surface area contributed by atoms with Gasteiger partial charge in [0.15, 0.2) is 0 Å². The number of rotatable bonds is 1. The summed E-state index contributed by atoms with van der Waals surface area (Å²) in [7, 11) is 1.78. The Labute approximate surface area is 108 Å². The van der Waals surface area contributed by atoms with Crippen molar-refractivity contribution >= 4 is 11.8 Å². The summed E-state index contributed by atoms with van der Waals surface area (Å²) >= 11 is 0. The first-order valence-corrected chi connectivity index (χ1v) is 6.68. The van der Waals surface area contributed by atoms with Crippen LogP contribution in [0.5, 0.6) is 0 Å². The molecule has 2 saturated heterocycles. The van der Waals surface area contributed by atoms with Gasteiger partial charge in [0.1, 0.15) is 0 Å². The normalized spacial score (nSPS) is 28.4. The van der Waals surface area contributed by atoms with E-state index in [0.29, 0.717) is 13.1 Å². The zero-order valence-corrected chi connectivity index (χ0v) is 11.5. The fourth-order valence-electron chi connectivity index (χ4n) is 2.76. The van der Waals surface area contributed by atoms with Crippen LogP contribution in [0, 0.1) is 5.41 Å². The number of hydrogen-bond acceptors (Lipinski definition) is 3. The third-order valence-corrected chi connectivity index (χ3v) is 4.14. The van der Waals surface area contributed by atoms with Gasteiger partial charge in [-0.2, -0.15) is 0 Å². The Morgan fingerprint density at radius 2 is 2.11 bits per heavy atom. The molecule has 0 bridgehead atoms. The third-order valence-electron chi connectivity index (χ3n) is 4.14. The van der Waals surface area contributed by atoms with Crippen LogP contribution in [0.1, 0.15) is 26.7 Å². The molecule has 2 heterocycles. The van der Waals surface area contributed by atoms with Gasteiger partial charge in [-0.05, 0) is 24.8 Å². The molecule has 2 aliphatic heterocycles. The number of carbonyl (C=O) groups is 2. The van der Waals surface area contributed by atoms with Crippen LogP contribution < -0.4 is 5.32 Å². The van der Waals surface area contributed by atoms with Crippen molar-refractivity contribution in [3.8, 4) is 0 Å². The largest absolute Gasteiger partial charge is 0.342 e. The first-order chi connectivity index (χ1) is 8.42. The molecule has 1 N–H and O–H groups in total. The summed E-state index contributed by atoms with van der Waals surface area (Å²) in [4.78, 5) is 27.6. The minimum absolute atomic E-state index is 0.0261. The predicted molar refractivity (Wildman–Crippen MR) is 69.0 cm³/mol. The lowest BCUT2D eigenvalue weighted by molar-refractivity contribution is -0.147. The van der Waals surface area contributed by atoms with E-state index in [1.165, 1.54) is 0 Å². The Hall–Kier alpha value is -1.10. The van der Waals surface area contributed by atoms with E-state index in [0.717, 1.165) is 19.4 Å². The SMILES string of the molecule is CN1CCN(C(=O)C2NCCCC2(C)C)CC1=O. The zero-order chi connectivity index (χ0) is 13.3. The molecule has 2 amide bonds. The molecule has 2 fully saturated rings. The summed E-state index contributed by atoms with van der Waals surface area (Å²) in [6.07, 6.45) is 2.16. The van der Waals surface area contributed by atoms with Gasteiger partial charge in [0.2, 0.25) is 11.8 Å². The minimum Gasteiger partial charge on any atom is -0.342 e. The molecule has 0 spiro atoms. The average molecular weight is 253 g/mol. The highest BCUT2D eigenvalue weighted by atomic mass is 16.2. The Morgan fingerprint density at radius 1 is 1.39 bits per heavy atom. The van der Waals surface area contributed by atoms with Crippen LogP contribution in [0.15, 0.2) is 0 Å². The third kappa shape index (κ3) is 2.51. The molecule has 0 aromatic heterocycles. The van der Waals surface area contributed by atoms with Crippen molar-refractivity contribution < 1.29 is 9.59 Å². The van der Waals surface area contributed by atoms with E-state index >= 15 is 0 Å². The molecule has 2 aliphatic rings. The van der Waals surface area contributed by atoms with Crippen LogP contribution in [0.4, 0.5) is 0 Å². The van der Waals surface area contributed by atoms with Crippen LogP contribution in [-0.4, -0.2) is 60.9 Å². The summed E-state index contributed by atoms with van der Waals surface area (Å²) in [6, 6.07) is -0.151. The van der Waals surface area contributed by atoms with E-state index < -0.39 is 0 Å². The summed E-state index contributed by atoms with van der Waals surface area (Å²) in [5.74, 6) is 0.115. The number of amides is 2. The number of piperidine rings is 1. The van der Waals surface area contributed by atoms with Gasteiger partial charge < -0.3 is 15.1 Å². The van der Waals surface area contributed by atoms with Crippen LogP contribution in [0.25, 0.3) is 0 Å². The van der Waals surface area contributed by atoms with Crippen molar-refractivity contribution in [2.45, 2.75) is 32.7 Å². The fraction of sp³-hybridized carbons (Fsp3) is 0.846. The molecular weight excluding hydrogens is 230 g/mol. The van der Waals surface area contributed by atoms with Crippen molar-refractivity contribution in [2.75, 3.05) is 33.2 Å². The Kier molecular flexibility index (Phi) is 3.61. The number of likely N-dealkylation sites (N-methyl/N-ethyl adjacent to an activating group) is 1. The van der Waals surface area contributed by atoms with E-state index in [2.05, 4.69) is 19.2 Å². The van der Waals surface area contributed by atoms with E-state index in [9.17, 15) is 9.59 Å². The van der Waals surface area contributed by atoms with Crippen molar-refractivity contribution in [1.29, 1.82) is 0 Å². The highest BCUT2D eigenvalue weighted by Gasteiger charge is 2.40. The molecule has 0 radical (unpaired) electrons. The summed E-state index contributed by atoms with van der Waals surface area (Å²) in [6.45, 7) is 6.65. The van der Waals surface area contributed by atoms with E-state index in [4.69, 9.17) is 0 Å². The Bertz CT molecular complexity index is 354. The second-order valence-electron chi connectivity index (χ2n) is 6.05. The number of carbonyl (C=O) groups excluding carboxylic acids is 2. The van der Waals surface area contributed by atoms with E-state index in [1.807, 2.05) is 0 Å². The first kappa shape index (κ1) is 13.3. The van der Waals surface area contributed by atoms with Gasteiger partial charge in [-0.25, -0.2) is 0 Å². The van der Waals surface area contributed by atoms with E-state index in [-0.39, 0.29) is 29.8 Å². The van der Waals surface area contributed by atoms with Gasteiger partial charge in [0.25, 0.3) is 0 Å². The van der Waals surface area contributed by atoms with Crippen LogP contribution in [-0.2, 0) is 9.59 Å². The zero-order valence-electron chi connectivity index (χ0n) is 11.5. The molecule has 18 heavy (non-hydrogen) atoms. The summed E-state index contributed by atoms with van der Waals surface area (Å²) < 4.78 is 0. The maximum absolute atomic E-state index is 12.5. The molecule has 0 aliphatic carbocycles. The predicted octanol–water partition coefficient (Wildman–Crippen LogP) is 0.0652. The van der Waals surface area contributed by atoms with Crippen LogP contribution >= 0.6 is 0 Å². The van der Waals surface area contributed by atoms with Gasteiger partial charge >= 0.3 is 0 Å². The fourth-order valence-corrected chi connectivity index (χ4v) is 2.76. The Balaban J connectivity index is 2.04. The lowest BCUT2D eigenvalue weighted by Crippen LogP contribution is -2.60. The average Bonchev–Trinajstić information content (AvgIpc) is 2.31. The number of nitrogens with one attached hydrogen (secondary N) is 1. The second-order valence-corrected chi connectivity index (χ2v) is 6.05. The van der Waals surface area contributed by atoms with Gasteiger partial charge in [-0.15, -0.1) is 0 Å². The van der Waals surface area contributed by atoms with Gasteiger partial charge in [-0.1, -0.05) is 13.8 Å². The number of nitrogens with zero attached hydrogens (tertiary/aromatic N) is 2. The lowest BCUT2D eigenvalue weighted by atomic mass is 9.77. The molecule has 1 atom stereocenters. The molecule has 102 valence electrons. The first-order valence-electron chi connectivity index (χ1n) is 6.68. The smallest absolute Gasteiger partial charge is 0.241 e. The van der Waals surface area contributed by atoms with Gasteiger partial charge in [0.05, 0.1) is 12.6 Å². The highest BCUT2D eigenvalue weighted by molar-refractivity contribution is 5.89. The summed E-state index contributed by atoms with van der Waals surface area (Å²) in [5.41, 5.74) is -0.0261.